The first-order valence-electron chi connectivity index (χ1n) is 10.7. The van der Waals surface area contributed by atoms with Gasteiger partial charge < -0.3 is 14.4 Å². The van der Waals surface area contributed by atoms with Gasteiger partial charge in [0, 0.05) is 12.6 Å². The van der Waals surface area contributed by atoms with Crippen molar-refractivity contribution in [1.82, 2.24) is 9.62 Å². The summed E-state index contributed by atoms with van der Waals surface area (Å²) < 4.78 is 51.2. The van der Waals surface area contributed by atoms with Gasteiger partial charge in [0.1, 0.15) is 5.75 Å². The summed E-state index contributed by atoms with van der Waals surface area (Å²) in [5.41, 5.74) is 1.13. The number of para-hydroxylation sites is 1. The minimum Gasteiger partial charge on any atom is -0.483 e. The third-order valence-corrected chi connectivity index (χ3v) is 7.41. The van der Waals surface area contributed by atoms with Crippen LogP contribution < -0.4 is 9.46 Å². The molecule has 30 heavy (non-hydrogen) atoms. The summed E-state index contributed by atoms with van der Waals surface area (Å²) >= 11 is 0. The monoisotopic (exact) mass is 440 g/mol. The van der Waals surface area contributed by atoms with Crippen molar-refractivity contribution in [2.24, 2.45) is 0 Å². The summed E-state index contributed by atoms with van der Waals surface area (Å²) in [5.74, 6) is 0.899. The summed E-state index contributed by atoms with van der Waals surface area (Å²) in [6.07, 6.45) is 5.00. The van der Waals surface area contributed by atoms with Crippen LogP contribution >= 0.6 is 0 Å². The average Bonchev–Trinajstić information content (AvgIpc) is 2.78. The molecule has 166 valence electrons. The number of hydrogen-bond acceptors (Lipinski definition) is 5. The highest BCUT2D eigenvalue weighted by molar-refractivity contribution is 7.89. The molecule has 0 radical (unpaired) electrons. The van der Waals surface area contributed by atoms with Crippen LogP contribution in [-0.2, 0) is 19.6 Å². The molecule has 1 aliphatic carbocycles. The number of rotatable bonds is 3. The van der Waals surface area contributed by atoms with E-state index in [4.69, 9.17) is 9.47 Å². The lowest BCUT2D eigenvalue weighted by Crippen LogP contribution is -2.60. The summed E-state index contributed by atoms with van der Waals surface area (Å²) in [6.45, 7) is 0.610. The lowest BCUT2D eigenvalue weighted by Gasteiger charge is -2.41. The van der Waals surface area contributed by atoms with Crippen molar-refractivity contribution in [1.29, 1.82) is 0 Å². The molecule has 7 nitrogen and oxygen atoms in total. The number of fused-ring (bicyclic) bond motifs is 5. The van der Waals surface area contributed by atoms with Crippen LogP contribution in [0, 0.1) is 0 Å². The fourth-order valence-electron chi connectivity index (χ4n) is 4.92. The maximum atomic E-state index is 13.0. The van der Waals surface area contributed by atoms with E-state index < -0.39 is 28.1 Å². The number of halogens is 1. The van der Waals surface area contributed by atoms with Crippen LogP contribution in [0.4, 0.5) is 4.39 Å². The number of nitrogens with one attached hydrogen (secondary N) is 1. The highest BCUT2D eigenvalue weighted by atomic mass is 32.2. The van der Waals surface area contributed by atoms with Crippen LogP contribution in [0.25, 0.3) is 0 Å². The van der Waals surface area contributed by atoms with Crippen molar-refractivity contribution >= 4 is 15.9 Å². The van der Waals surface area contributed by atoms with Gasteiger partial charge in [0.25, 0.3) is 5.91 Å². The number of nitrogens with zero attached hydrogens (tertiary/aromatic N) is 1. The smallest absolute Gasteiger partial charge is 0.260 e. The Morgan fingerprint density at radius 1 is 1.13 bits per heavy atom. The molecule has 1 saturated carbocycles. The zero-order valence-corrected chi connectivity index (χ0v) is 17.8. The van der Waals surface area contributed by atoms with Crippen molar-refractivity contribution in [2.75, 3.05) is 25.8 Å². The number of benzene rings is 1. The first-order valence-corrected chi connectivity index (χ1v) is 12.3. The molecule has 2 atom stereocenters. The van der Waals surface area contributed by atoms with Gasteiger partial charge in [-0.2, -0.15) is 0 Å². The van der Waals surface area contributed by atoms with E-state index in [1.807, 2.05) is 18.2 Å². The Labute approximate surface area is 177 Å². The zero-order chi connectivity index (χ0) is 21.1. The number of ether oxygens (including phenoxy) is 2. The Hall–Kier alpha value is -1.71. The van der Waals surface area contributed by atoms with Gasteiger partial charge in [-0.25, -0.2) is 17.5 Å². The minimum absolute atomic E-state index is 0.0763. The van der Waals surface area contributed by atoms with Crippen LogP contribution in [0.2, 0.25) is 0 Å². The van der Waals surface area contributed by atoms with E-state index in [2.05, 4.69) is 10.8 Å². The molecule has 1 saturated heterocycles. The molecule has 0 aromatic heterocycles. The SMILES string of the molecule is O=C1COc2ccccc2[C@H]2CC[C@H](CC2)OCC2C(NS(=O)(=O)CF)CCCN12. The number of carbonyl (C=O) groups is 1. The van der Waals surface area contributed by atoms with Crippen molar-refractivity contribution in [2.45, 2.75) is 62.6 Å². The van der Waals surface area contributed by atoms with Crippen molar-refractivity contribution in [3.8, 4) is 5.75 Å². The lowest BCUT2D eigenvalue weighted by atomic mass is 9.82. The van der Waals surface area contributed by atoms with Crippen LogP contribution in [0.5, 0.6) is 5.75 Å². The predicted octanol–water partition coefficient (Wildman–Crippen LogP) is 2.33. The van der Waals surface area contributed by atoms with Crippen molar-refractivity contribution in [3.63, 3.8) is 0 Å². The lowest BCUT2D eigenvalue weighted by molar-refractivity contribution is -0.140. The minimum atomic E-state index is -4.04. The molecule has 1 amide bonds. The van der Waals surface area contributed by atoms with Crippen molar-refractivity contribution in [3.05, 3.63) is 29.8 Å². The topological polar surface area (TPSA) is 84.9 Å². The van der Waals surface area contributed by atoms with Gasteiger partial charge >= 0.3 is 0 Å². The number of sulfonamides is 1. The number of amides is 1. The summed E-state index contributed by atoms with van der Waals surface area (Å²) in [6, 6.07) is 5.33. The molecule has 1 N–H and O–H groups in total. The highest BCUT2D eigenvalue weighted by Crippen LogP contribution is 2.38. The molecule has 3 heterocycles. The molecule has 2 fully saturated rings. The van der Waals surface area contributed by atoms with Crippen molar-refractivity contribution < 1.29 is 27.1 Å². The van der Waals surface area contributed by atoms with Crippen LogP contribution in [-0.4, -0.2) is 63.2 Å². The molecule has 4 aliphatic rings. The van der Waals surface area contributed by atoms with Crippen LogP contribution in [0.3, 0.4) is 0 Å². The fourth-order valence-corrected chi connectivity index (χ4v) is 5.72. The normalized spacial score (nSPS) is 30.3. The van der Waals surface area contributed by atoms with E-state index in [1.165, 1.54) is 0 Å². The Morgan fingerprint density at radius 3 is 2.67 bits per heavy atom. The molecule has 2 unspecified atom stereocenters. The Bertz CT molecular complexity index is 857. The third-order valence-electron chi connectivity index (χ3n) is 6.46. The summed E-state index contributed by atoms with van der Waals surface area (Å²) in [4.78, 5) is 14.7. The quantitative estimate of drug-likeness (QED) is 0.780. The van der Waals surface area contributed by atoms with Crippen LogP contribution in [0.15, 0.2) is 24.3 Å². The molecular weight excluding hydrogens is 411 g/mol. The summed E-state index contributed by atoms with van der Waals surface area (Å²) in [7, 11) is -4.04. The standard InChI is InChI=1S/C21H29FN2O5S/c22-14-30(26,27)23-18-5-3-11-24-19(18)12-28-16-9-7-15(8-10-16)17-4-1-2-6-20(17)29-13-21(24)25/h1-2,4,6,15-16,18-19,23H,3,5,7-14H2/t15-,16+,18?,19?. The zero-order valence-electron chi connectivity index (χ0n) is 17.0. The van der Waals surface area contributed by atoms with Gasteiger partial charge in [-0.15, -0.1) is 0 Å². The van der Waals surface area contributed by atoms with E-state index >= 15 is 0 Å². The second-order valence-electron chi connectivity index (χ2n) is 8.38. The fraction of sp³-hybridized carbons (Fsp3) is 0.667. The average molecular weight is 441 g/mol. The predicted molar refractivity (Wildman–Crippen MR) is 109 cm³/mol. The molecular formula is C21H29FN2O5S. The second-order valence-corrected chi connectivity index (χ2v) is 10.1. The Balaban J connectivity index is 1.60. The van der Waals surface area contributed by atoms with E-state index in [1.54, 1.807) is 4.90 Å². The third kappa shape index (κ3) is 4.78. The number of carbonyl (C=O) groups excluding carboxylic acids is 1. The highest BCUT2D eigenvalue weighted by Gasteiger charge is 2.38. The van der Waals surface area contributed by atoms with Gasteiger partial charge in [0.15, 0.2) is 6.61 Å². The number of piperidine rings is 1. The van der Waals surface area contributed by atoms with Gasteiger partial charge in [0.2, 0.25) is 16.0 Å². The maximum Gasteiger partial charge on any atom is 0.260 e. The molecule has 9 heteroatoms. The van der Waals surface area contributed by atoms with E-state index in [0.717, 1.165) is 37.0 Å². The van der Waals surface area contributed by atoms with Gasteiger partial charge in [0.05, 0.1) is 18.8 Å². The van der Waals surface area contributed by atoms with Gasteiger partial charge in [-0.1, -0.05) is 18.2 Å². The Morgan fingerprint density at radius 2 is 1.90 bits per heavy atom. The summed E-state index contributed by atoms with van der Waals surface area (Å²) in [5, 5.41) is 0. The molecule has 0 spiro atoms. The van der Waals surface area contributed by atoms with Gasteiger partial charge in [-0.3, -0.25) is 4.79 Å². The molecule has 5 rings (SSSR count). The van der Waals surface area contributed by atoms with Crippen LogP contribution in [0.1, 0.15) is 50.0 Å². The first kappa shape index (κ1) is 21.5. The largest absolute Gasteiger partial charge is 0.483 e. The van der Waals surface area contributed by atoms with E-state index in [-0.39, 0.29) is 25.2 Å². The molecule has 1 aromatic rings. The first-order chi connectivity index (χ1) is 14.5. The van der Waals surface area contributed by atoms with E-state index in [0.29, 0.717) is 25.3 Å². The number of hydrogen-bond donors (Lipinski definition) is 1. The maximum absolute atomic E-state index is 13.0. The molecule has 3 aliphatic heterocycles. The van der Waals surface area contributed by atoms with Gasteiger partial charge in [-0.05, 0) is 56.1 Å². The molecule has 2 bridgehead atoms. The Kier molecular flexibility index (Phi) is 6.60. The van der Waals surface area contributed by atoms with E-state index in [9.17, 15) is 17.6 Å². The molecule has 1 aromatic carbocycles. The number of alkyl halides is 1. The second kappa shape index (κ2) is 9.20.